The van der Waals surface area contributed by atoms with Gasteiger partial charge in [0.15, 0.2) is 0 Å². The highest BCUT2D eigenvalue weighted by Crippen LogP contribution is 2.18. The molecule has 2 rings (SSSR count). The van der Waals surface area contributed by atoms with E-state index in [1.165, 1.54) is 17.3 Å². The first-order valence-corrected chi connectivity index (χ1v) is 7.04. The lowest BCUT2D eigenvalue weighted by Crippen LogP contribution is -2.14. The van der Waals surface area contributed by atoms with Crippen molar-refractivity contribution in [3.63, 3.8) is 0 Å². The number of hydrogen-bond donors (Lipinski definition) is 1. The number of amides is 1. The van der Waals surface area contributed by atoms with Crippen LogP contribution in [-0.2, 0) is 4.79 Å². The maximum absolute atomic E-state index is 11.9. The van der Waals surface area contributed by atoms with Gasteiger partial charge in [0.05, 0.1) is 10.8 Å². The van der Waals surface area contributed by atoms with Crippen LogP contribution in [0.5, 0.6) is 0 Å². The number of benzene rings is 1. The largest absolute Gasteiger partial charge is 0.325 e. The molecule has 98 valence electrons. The van der Waals surface area contributed by atoms with E-state index in [0.717, 1.165) is 16.3 Å². The molecule has 0 aliphatic rings. The fourth-order valence-electron chi connectivity index (χ4n) is 1.71. The molecule has 3 nitrogen and oxygen atoms in total. The molecule has 1 aromatic carbocycles. The summed E-state index contributed by atoms with van der Waals surface area (Å²) < 4.78 is 0. The number of thioether (sulfide) groups is 1. The summed E-state index contributed by atoms with van der Waals surface area (Å²) in [6.07, 6.45) is 1.73. The van der Waals surface area contributed by atoms with E-state index in [2.05, 4.69) is 16.4 Å². The summed E-state index contributed by atoms with van der Waals surface area (Å²) in [5.74, 6) is 0.354. The lowest BCUT2D eigenvalue weighted by Gasteiger charge is -2.08. The second-order valence-electron chi connectivity index (χ2n) is 4.32. The fraction of sp³-hybridized carbons (Fsp3) is 0.200. The van der Waals surface area contributed by atoms with Gasteiger partial charge in [0.2, 0.25) is 5.91 Å². The van der Waals surface area contributed by atoms with Gasteiger partial charge in [0.1, 0.15) is 0 Å². The summed E-state index contributed by atoms with van der Waals surface area (Å²) in [4.78, 5) is 16.0. The minimum atomic E-state index is -0.0115. The van der Waals surface area contributed by atoms with Crippen molar-refractivity contribution < 1.29 is 4.79 Å². The van der Waals surface area contributed by atoms with Crippen molar-refractivity contribution >= 4 is 23.4 Å². The van der Waals surface area contributed by atoms with Crippen molar-refractivity contribution in [1.82, 2.24) is 4.98 Å². The third-order valence-electron chi connectivity index (χ3n) is 2.64. The molecule has 0 radical (unpaired) electrons. The van der Waals surface area contributed by atoms with Gasteiger partial charge in [-0.05, 0) is 37.6 Å². The minimum Gasteiger partial charge on any atom is -0.325 e. The predicted octanol–water partition coefficient (Wildman–Crippen LogP) is 3.43. The number of aromatic nitrogens is 1. The van der Waals surface area contributed by atoms with Crippen LogP contribution in [0.3, 0.4) is 0 Å². The Kier molecular flexibility index (Phi) is 4.58. The molecule has 0 aliphatic carbocycles. The van der Waals surface area contributed by atoms with Gasteiger partial charge in [0.25, 0.3) is 0 Å². The molecule has 19 heavy (non-hydrogen) atoms. The number of carbonyl (C=O) groups is 1. The molecule has 2 aromatic rings. The van der Waals surface area contributed by atoms with Gasteiger partial charge in [-0.15, -0.1) is 0 Å². The number of nitrogens with zero attached hydrogens (tertiary/aromatic N) is 1. The first-order valence-electron chi connectivity index (χ1n) is 6.06. The Morgan fingerprint density at radius 2 is 2.11 bits per heavy atom. The number of rotatable bonds is 4. The maximum Gasteiger partial charge on any atom is 0.234 e. The van der Waals surface area contributed by atoms with Gasteiger partial charge in [-0.1, -0.05) is 35.5 Å². The van der Waals surface area contributed by atoms with Crippen LogP contribution in [0, 0.1) is 13.8 Å². The van der Waals surface area contributed by atoms with Gasteiger partial charge in [0, 0.05) is 11.9 Å². The van der Waals surface area contributed by atoms with Crippen LogP contribution >= 0.6 is 11.8 Å². The highest BCUT2D eigenvalue weighted by atomic mass is 32.2. The Labute approximate surface area is 117 Å². The van der Waals surface area contributed by atoms with Crippen LogP contribution in [-0.4, -0.2) is 16.6 Å². The van der Waals surface area contributed by atoms with Gasteiger partial charge >= 0.3 is 0 Å². The number of nitrogens with one attached hydrogen (secondary N) is 1. The van der Waals surface area contributed by atoms with Crippen molar-refractivity contribution in [2.45, 2.75) is 18.9 Å². The first kappa shape index (κ1) is 13.6. The number of anilines is 1. The Balaban J connectivity index is 1.91. The zero-order chi connectivity index (χ0) is 13.7. The van der Waals surface area contributed by atoms with E-state index in [4.69, 9.17) is 0 Å². The molecule has 1 amide bonds. The Morgan fingerprint density at radius 1 is 1.26 bits per heavy atom. The highest BCUT2D eigenvalue weighted by molar-refractivity contribution is 7.99. The van der Waals surface area contributed by atoms with E-state index in [1.807, 2.05) is 44.2 Å². The molecule has 4 heteroatoms. The maximum atomic E-state index is 11.9. The molecule has 0 unspecified atom stereocenters. The summed E-state index contributed by atoms with van der Waals surface area (Å²) in [6.45, 7) is 4.03. The van der Waals surface area contributed by atoms with Crippen molar-refractivity contribution in [3.8, 4) is 0 Å². The summed E-state index contributed by atoms with van der Waals surface area (Å²) in [5.41, 5.74) is 3.15. The van der Waals surface area contributed by atoms with Crippen LogP contribution in [0.2, 0.25) is 0 Å². The lowest BCUT2D eigenvalue weighted by atomic mass is 10.1. The average Bonchev–Trinajstić information content (AvgIpc) is 2.41. The van der Waals surface area contributed by atoms with Crippen LogP contribution < -0.4 is 5.32 Å². The van der Waals surface area contributed by atoms with Crippen LogP contribution in [0.15, 0.2) is 47.6 Å². The van der Waals surface area contributed by atoms with Gasteiger partial charge < -0.3 is 5.32 Å². The zero-order valence-electron chi connectivity index (χ0n) is 11.0. The molecule has 1 aromatic heterocycles. The highest BCUT2D eigenvalue weighted by Gasteiger charge is 2.06. The van der Waals surface area contributed by atoms with Crippen molar-refractivity contribution in [2.24, 2.45) is 0 Å². The molecule has 0 saturated heterocycles. The molecule has 0 atom stereocenters. The van der Waals surface area contributed by atoms with Crippen LogP contribution in [0.4, 0.5) is 5.69 Å². The quantitative estimate of drug-likeness (QED) is 0.867. The summed E-state index contributed by atoms with van der Waals surface area (Å²) >= 11 is 1.43. The summed E-state index contributed by atoms with van der Waals surface area (Å²) in [7, 11) is 0. The molecular weight excluding hydrogens is 256 g/mol. The van der Waals surface area contributed by atoms with Gasteiger partial charge in [-0.25, -0.2) is 4.98 Å². The van der Waals surface area contributed by atoms with E-state index in [-0.39, 0.29) is 5.91 Å². The van der Waals surface area contributed by atoms with E-state index in [9.17, 15) is 4.79 Å². The lowest BCUT2D eigenvalue weighted by molar-refractivity contribution is -0.113. The molecule has 0 aliphatic heterocycles. The zero-order valence-corrected chi connectivity index (χ0v) is 11.8. The Hall–Kier alpha value is -1.81. The second-order valence-corrected chi connectivity index (χ2v) is 5.32. The minimum absolute atomic E-state index is 0.0115. The third kappa shape index (κ3) is 4.10. The normalized spacial score (nSPS) is 10.2. The van der Waals surface area contributed by atoms with Crippen molar-refractivity contribution in [1.29, 1.82) is 0 Å². The summed E-state index contributed by atoms with van der Waals surface area (Å²) in [6, 6.07) is 11.7. The Morgan fingerprint density at radius 3 is 2.79 bits per heavy atom. The molecule has 0 spiro atoms. The SMILES string of the molecule is Cc1ccc(NC(=O)CSc2ccccn2)c(C)c1. The predicted molar refractivity (Wildman–Crippen MR) is 79.5 cm³/mol. The standard InChI is InChI=1S/C15H16N2OS/c1-11-6-7-13(12(2)9-11)17-14(18)10-19-15-5-3-4-8-16-15/h3-9H,10H2,1-2H3,(H,17,18). The van der Waals surface area contributed by atoms with Crippen LogP contribution in [0.25, 0.3) is 0 Å². The van der Waals surface area contributed by atoms with E-state index < -0.39 is 0 Å². The van der Waals surface area contributed by atoms with E-state index >= 15 is 0 Å². The number of pyridine rings is 1. The van der Waals surface area contributed by atoms with Crippen LogP contribution in [0.1, 0.15) is 11.1 Å². The molecule has 1 heterocycles. The fourth-order valence-corrected chi connectivity index (χ4v) is 2.37. The average molecular weight is 272 g/mol. The third-order valence-corrected chi connectivity index (χ3v) is 3.59. The molecule has 0 saturated carbocycles. The van der Waals surface area contributed by atoms with E-state index in [1.54, 1.807) is 6.20 Å². The second kappa shape index (κ2) is 6.38. The summed E-state index contributed by atoms with van der Waals surface area (Å²) in [5, 5.41) is 3.78. The van der Waals surface area contributed by atoms with Gasteiger partial charge in [-0.2, -0.15) is 0 Å². The van der Waals surface area contributed by atoms with Crippen molar-refractivity contribution in [3.05, 3.63) is 53.7 Å². The van der Waals surface area contributed by atoms with Crippen molar-refractivity contribution in [2.75, 3.05) is 11.1 Å². The molecule has 1 N–H and O–H groups in total. The number of hydrogen-bond acceptors (Lipinski definition) is 3. The first-order chi connectivity index (χ1) is 9.15. The van der Waals surface area contributed by atoms with Gasteiger partial charge in [-0.3, -0.25) is 4.79 Å². The monoisotopic (exact) mass is 272 g/mol. The molecular formula is C15H16N2OS. The molecule has 0 bridgehead atoms. The smallest absolute Gasteiger partial charge is 0.234 e. The number of carbonyl (C=O) groups excluding carboxylic acids is 1. The molecule has 0 fully saturated rings. The number of aryl methyl sites for hydroxylation is 2. The topological polar surface area (TPSA) is 42.0 Å². The Bertz CT molecular complexity index is 570. The van der Waals surface area contributed by atoms with E-state index in [0.29, 0.717) is 5.75 Å².